The summed E-state index contributed by atoms with van der Waals surface area (Å²) in [6.07, 6.45) is 0. The maximum absolute atomic E-state index is 13.2. The van der Waals surface area contributed by atoms with Crippen LogP contribution in [0.25, 0.3) is 10.6 Å². The molecule has 1 aromatic heterocycles. The van der Waals surface area contributed by atoms with Gasteiger partial charge in [-0.1, -0.05) is 6.07 Å². The molecule has 1 heterocycles. The molecule has 0 fully saturated rings. The number of nitrogens with zero attached hydrogens (tertiary/aromatic N) is 2. The molecule has 6 heteroatoms. The zero-order valence-electron chi connectivity index (χ0n) is 6.67. The second kappa shape index (κ2) is 3.59. The summed E-state index contributed by atoms with van der Waals surface area (Å²) in [4.78, 5) is 3.70. The van der Waals surface area contributed by atoms with Crippen LogP contribution in [0.4, 0.5) is 8.78 Å². The van der Waals surface area contributed by atoms with Crippen LogP contribution in [0.2, 0.25) is 5.28 Å². The Morgan fingerprint density at radius 2 is 1.86 bits per heavy atom. The summed E-state index contributed by atoms with van der Waals surface area (Å²) in [6.45, 7) is 0. The van der Waals surface area contributed by atoms with Crippen LogP contribution in [-0.2, 0) is 0 Å². The zero-order valence-corrected chi connectivity index (χ0v) is 8.24. The highest BCUT2D eigenvalue weighted by Crippen LogP contribution is 2.28. The molecule has 0 N–H and O–H groups in total. The largest absolute Gasteiger partial charge is 0.234 e. The second-order valence-corrected chi connectivity index (χ2v) is 3.56. The van der Waals surface area contributed by atoms with E-state index in [0.717, 1.165) is 23.7 Å². The van der Waals surface area contributed by atoms with E-state index >= 15 is 0 Å². The van der Waals surface area contributed by atoms with Crippen LogP contribution in [0.15, 0.2) is 18.2 Å². The Labute approximate surface area is 87.3 Å². The molecule has 0 aliphatic rings. The van der Waals surface area contributed by atoms with Crippen molar-refractivity contribution in [2.45, 2.75) is 0 Å². The zero-order chi connectivity index (χ0) is 10.1. The van der Waals surface area contributed by atoms with E-state index in [2.05, 4.69) is 9.36 Å². The lowest BCUT2D eigenvalue weighted by Crippen LogP contribution is -1.88. The van der Waals surface area contributed by atoms with E-state index in [1.165, 1.54) is 6.07 Å². The average molecular weight is 233 g/mol. The first-order valence-electron chi connectivity index (χ1n) is 3.62. The van der Waals surface area contributed by atoms with Gasteiger partial charge in [0.15, 0.2) is 5.01 Å². The van der Waals surface area contributed by atoms with Crippen LogP contribution in [0, 0.1) is 11.6 Å². The molecular weight excluding hydrogens is 230 g/mol. The predicted octanol–water partition coefficient (Wildman–Crippen LogP) is 3.14. The van der Waals surface area contributed by atoms with Crippen molar-refractivity contribution in [2.24, 2.45) is 0 Å². The molecular formula is C8H3ClF2N2S. The van der Waals surface area contributed by atoms with Gasteiger partial charge in [-0.3, -0.25) is 0 Å². The van der Waals surface area contributed by atoms with Gasteiger partial charge in [0.05, 0.1) is 5.56 Å². The standard InChI is InChI=1S/C8H3ClF2N2S/c9-8-12-7(14-13-8)6-4(10)2-1-3-5(6)11/h1-3H. The molecule has 0 atom stereocenters. The maximum atomic E-state index is 13.2. The molecule has 0 aliphatic heterocycles. The Balaban J connectivity index is 2.61. The quantitative estimate of drug-likeness (QED) is 0.755. The summed E-state index contributed by atoms with van der Waals surface area (Å²) in [7, 11) is 0. The monoisotopic (exact) mass is 232 g/mol. The van der Waals surface area contributed by atoms with E-state index in [0.29, 0.717) is 0 Å². The molecule has 0 bridgehead atoms. The van der Waals surface area contributed by atoms with Gasteiger partial charge in [0, 0.05) is 0 Å². The highest BCUT2D eigenvalue weighted by molar-refractivity contribution is 7.09. The highest BCUT2D eigenvalue weighted by Gasteiger charge is 2.14. The van der Waals surface area contributed by atoms with E-state index in [1.807, 2.05) is 0 Å². The average Bonchev–Trinajstić information content (AvgIpc) is 2.51. The fourth-order valence-electron chi connectivity index (χ4n) is 1.01. The smallest absolute Gasteiger partial charge is 0.206 e. The van der Waals surface area contributed by atoms with Gasteiger partial charge >= 0.3 is 0 Å². The van der Waals surface area contributed by atoms with Gasteiger partial charge in [-0.15, -0.1) is 0 Å². The maximum Gasteiger partial charge on any atom is 0.234 e. The first kappa shape index (κ1) is 9.48. The lowest BCUT2D eigenvalue weighted by Gasteiger charge is -1.98. The third kappa shape index (κ3) is 1.60. The van der Waals surface area contributed by atoms with Crippen LogP contribution in [0.1, 0.15) is 0 Å². The molecule has 72 valence electrons. The molecule has 0 unspecified atom stereocenters. The fraction of sp³-hybridized carbons (Fsp3) is 0. The Morgan fingerprint density at radius 1 is 1.21 bits per heavy atom. The normalized spacial score (nSPS) is 10.5. The lowest BCUT2D eigenvalue weighted by molar-refractivity contribution is 0.589. The molecule has 0 saturated heterocycles. The Bertz CT molecular complexity index is 452. The third-order valence-corrected chi connectivity index (χ3v) is 2.58. The Hall–Kier alpha value is -1.07. The van der Waals surface area contributed by atoms with Gasteiger partial charge in [-0.2, -0.15) is 4.37 Å². The first-order chi connectivity index (χ1) is 6.68. The van der Waals surface area contributed by atoms with Gasteiger partial charge < -0.3 is 0 Å². The summed E-state index contributed by atoms with van der Waals surface area (Å²) in [5.74, 6) is -1.34. The molecule has 0 saturated carbocycles. The van der Waals surface area contributed by atoms with Crippen LogP contribution < -0.4 is 0 Å². The second-order valence-electron chi connectivity index (χ2n) is 2.47. The third-order valence-electron chi connectivity index (χ3n) is 1.58. The molecule has 2 rings (SSSR count). The topological polar surface area (TPSA) is 25.8 Å². The number of hydrogen-bond acceptors (Lipinski definition) is 3. The Kier molecular flexibility index (Phi) is 2.43. The van der Waals surface area contributed by atoms with Crippen LogP contribution >= 0.6 is 23.1 Å². The predicted molar refractivity (Wildman–Crippen MR) is 50.3 cm³/mol. The minimum atomic E-state index is -0.669. The summed E-state index contributed by atoms with van der Waals surface area (Å²) in [5, 5.41) is 0.137. The van der Waals surface area contributed by atoms with Crippen LogP contribution in [-0.4, -0.2) is 9.36 Å². The van der Waals surface area contributed by atoms with Crippen molar-refractivity contribution in [3.8, 4) is 10.6 Å². The van der Waals surface area contributed by atoms with E-state index in [1.54, 1.807) is 0 Å². The van der Waals surface area contributed by atoms with E-state index in [9.17, 15) is 8.78 Å². The van der Waals surface area contributed by atoms with E-state index < -0.39 is 11.6 Å². The van der Waals surface area contributed by atoms with Gasteiger partial charge in [0.2, 0.25) is 5.28 Å². The van der Waals surface area contributed by atoms with Crippen molar-refractivity contribution in [1.29, 1.82) is 0 Å². The van der Waals surface area contributed by atoms with Gasteiger partial charge in [0.25, 0.3) is 0 Å². The molecule has 0 aliphatic carbocycles. The van der Waals surface area contributed by atoms with Crippen molar-refractivity contribution >= 4 is 23.1 Å². The molecule has 0 spiro atoms. The molecule has 0 radical (unpaired) electrons. The molecule has 2 nitrogen and oxygen atoms in total. The number of halogens is 3. The van der Waals surface area contributed by atoms with Crippen molar-refractivity contribution in [1.82, 2.24) is 9.36 Å². The molecule has 0 amide bonds. The molecule has 2 aromatic rings. The summed E-state index contributed by atoms with van der Waals surface area (Å²) < 4.78 is 30.0. The van der Waals surface area contributed by atoms with E-state index in [-0.39, 0.29) is 15.9 Å². The van der Waals surface area contributed by atoms with Gasteiger partial charge in [-0.25, -0.2) is 13.8 Å². The van der Waals surface area contributed by atoms with Crippen LogP contribution in [0.3, 0.4) is 0 Å². The van der Waals surface area contributed by atoms with Crippen molar-refractivity contribution in [3.05, 3.63) is 35.1 Å². The van der Waals surface area contributed by atoms with Crippen LogP contribution in [0.5, 0.6) is 0 Å². The SMILES string of the molecule is Fc1cccc(F)c1-c1nc(Cl)ns1. The Morgan fingerprint density at radius 3 is 2.36 bits per heavy atom. The number of aromatic nitrogens is 2. The molecule has 1 aromatic carbocycles. The summed E-state index contributed by atoms with van der Waals surface area (Å²) in [5.41, 5.74) is -0.183. The number of hydrogen-bond donors (Lipinski definition) is 0. The summed E-state index contributed by atoms with van der Waals surface area (Å²) in [6, 6.07) is 3.61. The number of rotatable bonds is 1. The van der Waals surface area contributed by atoms with Crippen molar-refractivity contribution in [2.75, 3.05) is 0 Å². The first-order valence-corrected chi connectivity index (χ1v) is 4.77. The van der Waals surface area contributed by atoms with E-state index in [4.69, 9.17) is 11.6 Å². The minimum absolute atomic E-state index is 0.00680. The van der Waals surface area contributed by atoms with Gasteiger partial charge in [0.1, 0.15) is 11.6 Å². The highest BCUT2D eigenvalue weighted by atomic mass is 35.5. The lowest BCUT2D eigenvalue weighted by atomic mass is 10.2. The van der Waals surface area contributed by atoms with Crippen molar-refractivity contribution < 1.29 is 8.78 Å². The summed E-state index contributed by atoms with van der Waals surface area (Å²) >= 11 is 6.32. The van der Waals surface area contributed by atoms with Crippen molar-refractivity contribution in [3.63, 3.8) is 0 Å². The fourth-order valence-corrected chi connectivity index (χ4v) is 1.86. The van der Waals surface area contributed by atoms with Gasteiger partial charge in [-0.05, 0) is 35.3 Å². The molecule has 14 heavy (non-hydrogen) atoms. The number of benzene rings is 1. The minimum Gasteiger partial charge on any atom is -0.206 e.